The maximum Gasteiger partial charge on any atom is 0.255 e. The van der Waals surface area contributed by atoms with Gasteiger partial charge in [-0.1, -0.05) is 0 Å². The lowest BCUT2D eigenvalue weighted by Gasteiger charge is -2.16. The molecule has 1 aromatic rings. The fourth-order valence-electron chi connectivity index (χ4n) is 2.03. The van der Waals surface area contributed by atoms with Gasteiger partial charge in [0.25, 0.3) is 5.91 Å². The predicted molar refractivity (Wildman–Crippen MR) is 70.1 cm³/mol. The quantitative estimate of drug-likeness (QED) is 0.835. The van der Waals surface area contributed by atoms with Crippen LogP contribution in [-0.4, -0.2) is 40.8 Å². The number of nitrogens with one attached hydrogen (secondary N) is 1. The van der Waals surface area contributed by atoms with Crippen LogP contribution in [-0.2, 0) is 4.79 Å². The first-order valence-corrected chi connectivity index (χ1v) is 6.53. The summed E-state index contributed by atoms with van der Waals surface area (Å²) in [6.45, 7) is 2.72. The van der Waals surface area contributed by atoms with Crippen molar-refractivity contribution in [3.8, 4) is 0 Å². The summed E-state index contributed by atoms with van der Waals surface area (Å²) in [4.78, 5) is 28.9. The summed E-state index contributed by atoms with van der Waals surface area (Å²) < 4.78 is 0.705. The van der Waals surface area contributed by atoms with Gasteiger partial charge in [-0.05, 0) is 34.5 Å². The van der Waals surface area contributed by atoms with Crippen molar-refractivity contribution in [3.63, 3.8) is 0 Å². The Kier molecular flexibility index (Phi) is 3.96. The van der Waals surface area contributed by atoms with E-state index in [2.05, 4.69) is 26.2 Å². The van der Waals surface area contributed by atoms with Crippen molar-refractivity contribution in [1.29, 1.82) is 0 Å². The molecule has 1 unspecified atom stereocenters. The molecule has 18 heavy (non-hydrogen) atoms. The standard InChI is InChI=1S/C12H14BrN3O2/c1-8(17)15-10-4-5-16(7-10)12(18)9-2-3-11(13)14-6-9/h2-3,6,10H,4-5,7H2,1H3,(H,15,17). The maximum absolute atomic E-state index is 12.1. The maximum atomic E-state index is 12.1. The Hall–Kier alpha value is -1.43. The summed E-state index contributed by atoms with van der Waals surface area (Å²) in [6.07, 6.45) is 2.35. The fraction of sp³-hybridized carbons (Fsp3) is 0.417. The first-order valence-electron chi connectivity index (χ1n) is 5.74. The lowest BCUT2D eigenvalue weighted by molar-refractivity contribution is -0.119. The molecule has 0 spiro atoms. The third kappa shape index (κ3) is 3.07. The Morgan fingerprint density at radius 1 is 1.50 bits per heavy atom. The van der Waals surface area contributed by atoms with Crippen LogP contribution in [0.25, 0.3) is 0 Å². The van der Waals surface area contributed by atoms with E-state index in [9.17, 15) is 9.59 Å². The van der Waals surface area contributed by atoms with Gasteiger partial charge in [-0.15, -0.1) is 0 Å². The van der Waals surface area contributed by atoms with Crippen molar-refractivity contribution in [2.45, 2.75) is 19.4 Å². The number of likely N-dealkylation sites (tertiary alicyclic amines) is 1. The third-order valence-corrected chi connectivity index (χ3v) is 3.33. The van der Waals surface area contributed by atoms with E-state index in [1.807, 2.05) is 0 Å². The Bertz CT molecular complexity index is 461. The minimum atomic E-state index is -0.0559. The van der Waals surface area contributed by atoms with Crippen molar-refractivity contribution in [1.82, 2.24) is 15.2 Å². The molecule has 6 heteroatoms. The molecule has 96 valence electrons. The van der Waals surface area contributed by atoms with Gasteiger partial charge in [0.1, 0.15) is 4.60 Å². The Morgan fingerprint density at radius 3 is 2.89 bits per heavy atom. The number of hydrogen-bond acceptors (Lipinski definition) is 3. The molecule has 0 aromatic carbocycles. The van der Waals surface area contributed by atoms with Crippen LogP contribution in [0.5, 0.6) is 0 Å². The van der Waals surface area contributed by atoms with Crippen molar-refractivity contribution >= 4 is 27.7 Å². The highest BCUT2D eigenvalue weighted by atomic mass is 79.9. The molecule has 1 N–H and O–H groups in total. The first kappa shape index (κ1) is 13.0. The highest BCUT2D eigenvalue weighted by Gasteiger charge is 2.27. The Morgan fingerprint density at radius 2 is 2.28 bits per heavy atom. The molecular weight excluding hydrogens is 298 g/mol. The SMILES string of the molecule is CC(=O)NC1CCN(C(=O)c2ccc(Br)nc2)C1. The van der Waals surface area contributed by atoms with Gasteiger partial charge in [0.2, 0.25) is 5.91 Å². The molecule has 0 saturated carbocycles. The predicted octanol–water partition coefficient (Wildman–Crippen LogP) is 1.19. The van der Waals surface area contributed by atoms with E-state index >= 15 is 0 Å². The third-order valence-electron chi connectivity index (χ3n) is 2.86. The zero-order chi connectivity index (χ0) is 13.1. The summed E-state index contributed by atoms with van der Waals surface area (Å²) in [5.41, 5.74) is 0.571. The lowest BCUT2D eigenvalue weighted by atomic mass is 10.2. The summed E-state index contributed by atoms with van der Waals surface area (Å²) in [5, 5.41) is 2.83. The normalized spacial score (nSPS) is 18.8. The molecule has 1 aromatic heterocycles. The fourth-order valence-corrected chi connectivity index (χ4v) is 2.27. The molecule has 2 heterocycles. The second-order valence-corrected chi connectivity index (χ2v) is 5.12. The van der Waals surface area contributed by atoms with Gasteiger partial charge in [0.15, 0.2) is 0 Å². The highest BCUT2D eigenvalue weighted by molar-refractivity contribution is 9.10. The number of pyridine rings is 1. The van der Waals surface area contributed by atoms with E-state index in [1.165, 1.54) is 6.92 Å². The highest BCUT2D eigenvalue weighted by Crippen LogP contribution is 2.14. The number of aromatic nitrogens is 1. The molecule has 1 aliphatic heterocycles. The monoisotopic (exact) mass is 311 g/mol. The van der Waals surface area contributed by atoms with E-state index in [1.54, 1.807) is 23.2 Å². The average molecular weight is 312 g/mol. The zero-order valence-electron chi connectivity index (χ0n) is 10.0. The van der Waals surface area contributed by atoms with E-state index in [-0.39, 0.29) is 17.9 Å². The molecular formula is C12H14BrN3O2. The topological polar surface area (TPSA) is 62.3 Å². The molecule has 2 amide bonds. The van der Waals surface area contributed by atoms with E-state index in [0.29, 0.717) is 23.3 Å². The molecule has 1 aliphatic rings. The molecule has 0 aliphatic carbocycles. The number of hydrogen-bond donors (Lipinski definition) is 1. The van der Waals surface area contributed by atoms with Gasteiger partial charge in [-0.3, -0.25) is 9.59 Å². The van der Waals surface area contributed by atoms with Gasteiger partial charge in [0, 0.05) is 32.3 Å². The zero-order valence-corrected chi connectivity index (χ0v) is 11.6. The van der Waals surface area contributed by atoms with Crippen molar-refractivity contribution in [2.24, 2.45) is 0 Å². The summed E-state index contributed by atoms with van der Waals surface area (Å²) >= 11 is 3.23. The second kappa shape index (κ2) is 5.48. The molecule has 0 radical (unpaired) electrons. The number of carbonyl (C=O) groups excluding carboxylic acids is 2. The number of amides is 2. The number of rotatable bonds is 2. The lowest BCUT2D eigenvalue weighted by Crippen LogP contribution is -2.37. The largest absolute Gasteiger partial charge is 0.352 e. The van der Waals surface area contributed by atoms with Crippen LogP contribution >= 0.6 is 15.9 Å². The van der Waals surface area contributed by atoms with Crippen LogP contribution < -0.4 is 5.32 Å². The van der Waals surface area contributed by atoms with E-state index in [0.717, 1.165) is 6.42 Å². The number of halogens is 1. The first-order chi connectivity index (χ1) is 8.56. The van der Waals surface area contributed by atoms with Crippen LogP contribution in [0.2, 0.25) is 0 Å². The van der Waals surface area contributed by atoms with Crippen LogP contribution in [0.3, 0.4) is 0 Å². The van der Waals surface area contributed by atoms with E-state index in [4.69, 9.17) is 0 Å². The van der Waals surface area contributed by atoms with Gasteiger partial charge in [-0.25, -0.2) is 4.98 Å². The van der Waals surface area contributed by atoms with Crippen molar-refractivity contribution < 1.29 is 9.59 Å². The smallest absolute Gasteiger partial charge is 0.255 e. The van der Waals surface area contributed by atoms with Crippen LogP contribution in [0, 0.1) is 0 Å². The minimum absolute atomic E-state index is 0.0390. The summed E-state index contributed by atoms with van der Waals surface area (Å²) in [7, 11) is 0. The number of carbonyl (C=O) groups is 2. The minimum Gasteiger partial charge on any atom is -0.352 e. The van der Waals surface area contributed by atoms with Crippen LogP contribution in [0.1, 0.15) is 23.7 Å². The van der Waals surface area contributed by atoms with Gasteiger partial charge >= 0.3 is 0 Å². The number of nitrogens with zero attached hydrogens (tertiary/aromatic N) is 2. The molecule has 0 bridgehead atoms. The molecule has 1 atom stereocenters. The van der Waals surface area contributed by atoms with Crippen molar-refractivity contribution in [2.75, 3.05) is 13.1 Å². The van der Waals surface area contributed by atoms with Crippen LogP contribution in [0.15, 0.2) is 22.9 Å². The van der Waals surface area contributed by atoms with E-state index < -0.39 is 0 Å². The van der Waals surface area contributed by atoms with Gasteiger partial charge < -0.3 is 10.2 Å². The Balaban J connectivity index is 1.99. The molecule has 1 fully saturated rings. The van der Waals surface area contributed by atoms with Crippen molar-refractivity contribution in [3.05, 3.63) is 28.5 Å². The second-order valence-electron chi connectivity index (χ2n) is 4.31. The average Bonchev–Trinajstić information content (AvgIpc) is 2.76. The molecule has 1 saturated heterocycles. The van der Waals surface area contributed by atoms with Gasteiger partial charge in [0.05, 0.1) is 5.56 Å². The van der Waals surface area contributed by atoms with Crippen LogP contribution in [0.4, 0.5) is 0 Å². The van der Waals surface area contributed by atoms with Gasteiger partial charge in [-0.2, -0.15) is 0 Å². The molecule has 2 rings (SSSR count). The Labute approximate surface area is 114 Å². The summed E-state index contributed by atoms with van der Waals surface area (Å²) in [6, 6.07) is 3.55. The summed E-state index contributed by atoms with van der Waals surface area (Å²) in [5.74, 6) is -0.0949. The molecule has 5 nitrogen and oxygen atoms in total.